The number of carboxylic acid groups (broad SMARTS) is 1. The van der Waals surface area contributed by atoms with Gasteiger partial charge in [0.15, 0.2) is 0 Å². The highest BCUT2D eigenvalue weighted by atomic mass is 16.5. The highest BCUT2D eigenvalue weighted by Gasteiger charge is 2.22. The van der Waals surface area contributed by atoms with E-state index in [-0.39, 0.29) is 22.6 Å². The summed E-state index contributed by atoms with van der Waals surface area (Å²) in [6, 6.07) is 16.3. The van der Waals surface area contributed by atoms with Crippen LogP contribution in [-0.4, -0.2) is 61.4 Å². The predicted octanol–water partition coefficient (Wildman–Crippen LogP) is 7.16. The lowest BCUT2D eigenvalue weighted by Crippen LogP contribution is -2.16. The summed E-state index contributed by atoms with van der Waals surface area (Å²) in [6.45, 7) is 8.37. The standard InChI is InChI=1S/C39H42O12/c1-3-35(40)48-25-11-7-5-9-23-46-29-14-18-31(19-15-29)50-38(44)28-13-22-33(34(27-28)37(42)43)39(45)51-32-20-16-30(17-21-32)47-24-10-6-8-12-26-49-36(41)4-2/h3-4,13-22,27H,1-2,5-12,23-26H2,(H,42,43). The van der Waals surface area contributed by atoms with Crippen molar-refractivity contribution < 1.29 is 57.5 Å². The molecule has 3 rings (SSSR count). The third-order valence-electron chi connectivity index (χ3n) is 7.21. The van der Waals surface area contributed by atoms with Crippen molar-refractivity contribution in [1.29, 1.82) is 0 Å². The zero-order valence-electron chi connectivity index (χ0n) is 28.3. The van der Waals surface area contributed by atoms with Gasteiger partial charge < -0.3 is 33.5 Å². The van der Waals surface area contributed by atoms with Gasteiger partial charge in [0.2, 0.25) is 0 Å². The predicted molar refractivity (Wildman–Crippen MR) is 186 cm³/mol. The normalized spacial score (nSPS) is 10.4. The number of hydrogen-bond donors (Lipinski definition) is 1. The lowest BCUT2D eigenvalue weighted by atomic mass is 10.0. The number of esters is 4. The minimum atomic E-state index is -1.42. The molecule has 0 amide bonds. The molecule has 0 atom stereocenters. The summed E-state index contributed by atoms with van der Waals surface area (Å²) in [6.07, 6.45) is 8.97. The van der Waals surface area contributed by atoms with Gasteiger partial charge in [-0.15, -0.1) is 0 Å². The molecule has 12 nitrogen and oxygen atoms in total. The summed E-state index contributed by atoms with van der Waals surface area (Å²) in [7, 11) is 0. The Morgan fingerprint density at radius 2 is 0.922 bits per heavy atom. The van der Waals surface area contributed by atoms with Crippen LogP contribution < -0.4 is 18.9 Å². The van der Waals surface area contributed by atoms with Crippen LogP contribution in [0.25, 0.3) is 0 Å². The molecule has 0 saturated carbocycles. The Kier molecular flexibility index (Phi) is 17.0. The number of carbonyl (C=O) groups excluding carboxylic acids is 4. The first kappa shape index (κ1) is 39.5. The Labute approximate surface area is 296 Å². The van der Waals surface area contributed by atoms with Crippen molar-refractivity contribution in [2.45, 2.75) is 51.4 Å². The molecule has 0 bridgehead atoms. The van der Waals surface area contributed by atoms with Crippen molar-refractivity contribution in [2.75, 3.05) is 26.4 Å². The van der Waals surface area contributed by atoms with Crippen LogP contribution in [0.4, 0.5) is 0 Å². The van der Waals surface area contributed by atoms with Crippen LogP contribution in [0.1, 0.15) is 82.4 Å². The molecule has 3 aromatic rings. The molecule has 3 aromatic carbocycles. The van der Waals surface area contributed by atoms with Gasteiger partial charge in [0.25, 0.3) is 0 Å². The largest absolute Gasteiger partial charge is 0.494 e. The lowest BCUT2D eigenvalue weighted by molar-refractivity contribution is -0.138. The first-order valence-electron chi connectivity index (χ1n) is 16.6. The van der Waals surface area contributed by atoms with E-state index in [9.17, 15) is 29.1 Å². The van der Waals surface area contributed by atoms with Crippen molar-refractivity contribution in [3.63, 3.8) is 0 Å². The fourth-order valence-electron chi connectivity index (χ4n) is 4.52. The lowest BCUT2D eigenvalue weighted by Gasteiger charge is -2.11. The Morgan fingerprint density at radius 3 is 1.35 bits per heavy atom. The van der Waals surface area contributed by atoms with Gasteiger partial charge in [-0.2, -0.15) is 0 Å². The molecule has 0 heterocycles. The molecular weight excluding hydrogens is 660 g/mol. The molecule has 0 radical (unpaired) electrons. The van der Waals surface area contributed by atoms with E-state index in [1.54, 1.807) is 36.4 Å². The molecule has 0 aliphatic heterocycles. The smallest absolute Gasteiger partial charge is 0.344 e. The molecular formula is C39H42O12. The Bertz CT molecular complexity index is 1630. The minimum Gasteiger partial charge on any atom is -0.494 e. The molecule has 0 fully saturated rings. The first-order valence-corrected chi connectivity index (χ1v) is 16.6. The van der Waals surface area contributed by atoms with Gasteiger partial charge in [-0.25, -0.2) is 24.0 Å². The number of rotatable bonds is 23. The Balaban J connectivity index is 1.43. The average Bonchev–Trinajstić information content (AvgIpc) is 3.14. The fourth-order valence-corrected chi connectivity index (χ4v) is 4.52. The molecule has 270 valence electrons. The van der Waals surface area contributed by atoms with E-state index >= 15 is 0 Å². The van der Waals surface area contributed by atoms with Crippen molar-refractivity contribution >= 4 is 29.8 Å². The Morgan fingerprint density at radius 1 is 0.510 bits per heavy atom. The van der Waals surface area contributed by atoms with Gasteiger partial charge in [-0.05, 0) is 118 Å². The summed E-state index contributed by atoms with van der Waals surface area (Å²) in [5.41, 5.74) is -0.729. The van der Waals surface area contributed by atoms with E-state index in [1.165, 1.54) is 24.3 Å². The van der Waals surface area contributed by atoms with Gasteiger partial charge in [0.05, 0.1) is 43.1 Å². The molecule has 0 aromatic heterocycles. The van der Waals surface area contributed by atoms with E-state index in [1.807, 2.05) is 0 Å². The number of ether oxygens (including phenoxy) is 6. The van der Waals surface area contributed by atoms with Crippen molar-refractivity contribution in [3.05, 3.63) is 109 Å². The zero-order chi connectivity index (χ0) is 36.8. The third kappa shape index (κ3) is 14.6. The van der Waals surface area contributed by atoms with Crippen molar-refractivity contribution in [3.8, 4) is 23.0 Å². The topological polar surface area (TPSA) is 161 Å². The van der Waals surface area contributed by atoms with E-state index in [2.05, 4.69) is 13.2 Å². The van der Waals surface area contributed by atoms with Crippen LogP contribution in [0, 0.1) is 0 Å². The van der Waals surface area contributed by atoms with Crippen LogP contribution >= 0.6 is 0 Å². The summed E-state index contributed by atoms with van der Waals surface area (Å²) < 4.78 is 32.1. The second-order valence-electron chi connectivity index (χ2n) is 11.1. The second-order valence-corrected chi connectivity index (χ2v) is 11.1. The van der Waals surface area contributed by atoms with Crippen LogP contribution in [0.5, 0.6) is 23.0 Å². The highest BCUT2D eigenvalue weighted by Crippen LogP contribution is 2.23. The summed E-state index contributed by atoms with van der Waals surface area (Å²) in [5, 5.41) is 9.78. The van der Waals surface area contributed by atoms with Gasteiger partial charge in [0, 0.05) is 12.2 Å². The van der Waals surface area contributed by atoms with E-state index in [0.29, 0.717) is 37.9 Å². The van der Waals surface area contributed by atoms with Crippen LogP contribution in [0.15, 0.2) is 92.0 Å². The van der Waals surface area contributed by atoms with E-state index < -0.39 is 35.4 Å². The summed E-state index contributed by atoms with van der Waals surface area (Å²) in [5.74, 6) is -2.45. The molecule has 51 heavy (non-hydrogen) atoms. The van der Waals surface area contributed by atoms with Crippen LogP contribution in [-0.2, 0) is 19.1 Å². The van der Waals surface area contributed by atoms with Gasteiger partial charge in [0.1, 0.15) is 23.0 Å². The summed E-state index contributed by atoms with van der Waals surface area (Å²) >= 11 is 0. The number of unbranched alkanes of at least 4 members (excludes halogenated alkanes) is 6. The molecule has 12 heteroatoms. The van der Waals surface area contributed by atoms with Gasteiger partial charge in [-0.3, -0.25) is 0 Å². The summed E-state index contributed by atoms with van der Waals surface area (Å²) in [4.78, 5) is 59.7. The van der Waals surface area contributed by atoms with E-state index in [4.69, 9.17) is 28.4 Å². The van der Waals surface area contributed by atoms with Gasteiger partial charge in [-0.1, -0.05) is 13.2 Å². The SMILES string of the molecule is C=CC(=O)OCCCCCCOc1ccc(OC(=O)c2ccc(C(=O)Oc3ccc(OCCCCCCOC(=O)C=C)cc3)c(C(=O)O)c2)cc1. The first-order chi connectivity index (χ1) is 24.7. The van der Waals surface area contributed by atoms with E-state index in [0.717, 1.165) is 69.6 Å². The number of aromatic carboxylic acids is 1. The van der Waals surface area contributed by atoms with Crippen LogP contribution in [0.3, 0.4) is 0 Å². The molecule has 1 N–H and O–H groups in total. The van der Waals surface area contributed by atoms with Gasteiger partial charge >= 0.3 is 29.8 Å². The molecule has 0 unspecified atom stereocenters. The number of benzene rings is 3. The zero-order valence-corrected chi connectivity index (χ0v) is 28.3. The van der Waals surface area contributed by atoms with Crippen molar-refractivity contribution in [2.24, 2.45) is 0 Å². The molecule has 0 saturated heterocycles. The highest BCUT2D eigenvalue weighted by molar-refractivity contribution is 6.05. The molecule has 0 aliphatic carbocycles. The minimum absolute atomic E-state index is 0.0684. The number of carboxylic acids is 1. The van der Waals surface area contributed by atoms with Crippen molar-refractivity contribution in [1.82, 2.24) is 0 Å². The number of hydrogen-bond acceptors (Lipinski definition) is 11. The fraction of sp³-hybridized carbons (Fsp3) is 0.308. The monoisotopic (exact) mass is 702 g/mol. The average molecular weight is 703 g/mol. The maximum absolute atomic E-state index is 12.9. The molecule has 0 aliphatic rings. The quantitative estimate of drug-likeness (QED) is 0.0460. The molecule has 0 spiro atoms. The second kappa shape index (κ2) is 21.9. The number of carbonyl (C=O) groups is 5. The third-order valence-corrected chi connectivity index (χ3v) is 7.21. The maximum atomic E-state index is 12.9. The van der Waals surface area contributed by atoms with Crippen LogP contribution in [0.2, 0.25) is 0 Å². The maximum Gasteiger partial charge on any atom is 0.344 e. The Hall–Kier alpha value is -5.91.